The summed E-state index contributed by atoms with van der Waals surface area (Å²) in [5, 5.41) is 11.2. The molecule has 0 aromatic carbocycles. The smallest absolute Gasteiger partial charge is 0.326 e. The number of primary amides is 1. The minimum atomic E-state index is -1.13. The quantitative estimate of drug-likeness (QED) is 0.447. The zero-order chi connectivity index (χ0) is 13.6. The summed E-state index contributed by atoms with van der Waals surface area (Å²) in [4.78, 5) is 33.0. The number of nitrogens with one attached hydrogen (secondary N) is 1. The Hall–Kier alpha value is -1.63. The molecule has 98 valence electrons. The number of amides is 2. The molecule has 2 amide bonds. The van der Waals surface area contributed by atoms with Gasteiger partial charge in [0.1, 0.15) is 6.04 Å². The van der Waals surface area contributed by atoms with Gasteiger partial charge in [0.15, 0.2) is 0 Å². The topological polar surface area (TPSA) is 136 Å². The highest BCUT2D eigenvalue weighted by atomic mass is 16.4. The Morgan fingerprint density at radius 2 is 1.88 bits per heavy atom. The standard InChI is InChI=1S/C10H19N3O4/c1-3-5(2)8(10(16)17)13-9(15)6(11)4-7(12)14/h5-6,8H,3-4,11H2,1-2H3,(H2,12,14)(H,13,15)(H,16,17)/t5-,6-,8-/m0/s1. The summed E-state index contributed by atoms with van der Waals surface area (Å²) in [7, 11) is 0. The molecule has 17 heavy (non-hydrogen) atoms. The molecule has 0 aromatic rings. The lowest BCUT2D eigenvalue weighted by atomic mass is 9.99. The van der Waals surface area contributed by atoms with Crippen LogP contribution in [-0.4, -0.2) is 35.0 Å². The van der Waals surface area contributed by atoms with Crippen molar-refractivity contribution < 1.29 is 19.5 Å². The third-order valence-electron chi connectivity index (χ3n) is 2.53. The summed E-state index contributed by atoms with van der Waals surface area (Å²) in [5.41, 5.74) is 10.3. The van der Waals surface area contributed by atoms with Crippen molar-refractivity contribution in [2.45, 2.75) is 38.8 Å². The van der Waals surface area contributed by atoms with E-state index in [-0.39, 0.29) is 12.3 Å². The van der Waals surface area contributed by atoms with Crippen LogP contribution >= 0.6 is 0 Å². The van der Waals surface area contributed by atoms with Crippen molar-refractivity contribution >= 4 is 17.8 Å². The summed E-state index contributed by atoms with van der Waals surface area (Å²) < 4.78 is 0. The number of carboxylic acid groups (broad SMARTS) is 1. The van der Waals surface area contributed by atoms with E-state index in [1.165, 1.54) is 0 Å². The number of rotatable bonds is 7. The van der Waals surface area contributed by atoms with E-state index in [0.29, 0.717) is 6.42 Å². The van der Waals surface area contributed by atoms with E-state index in [2.05, 4.69) is 5.32 Å². The van der Waals surface area contributed by atoms with Crippen LogP contribution in [0.4, 0.5) is 0 Å². The van der Waals surface area contributed by atoms with E-state index in [4.69, 9.17) is 16.6 Å². The van der Waals surface area contributed by atoms with Crippen LogP contribution in [0.1, 0.15) is 26.7 Å². The zero-order valence-electron chi connectivity index (χ0n) is 9.97. The van der Waals surface area contributed by atoms with Gasteiger partial charge in [-0.3, -0.25) is 9.59 Å². The molecule has 0 rings (SSSR count). The Labute approximate surface area is 99.5 Å². The Bertz CT molecular complexity index is 306. The van der Waals surface area contributed by atoms with Gasteiger partial charge in [-0.05, 0) is 5.92 Å². The lowest BCUT2D eigenvalue weighted by Crippen LogP contribution is -2.51. The average Bonchev–Trinajstić information content (AvgIpc) is 2.22. The number of carboxylic acids is 1. The molecule has 0 bridgehead atoms. The minimum absolute atomic E-state index is 0.225. The summed E-state index contributed by atoms with van der Waals surface area (Å²) in [6.45, 7) is 3.52. The van der Waals surface area contributed by atoms with Crippen LogP contribution in [0.3, 0.4) is 0 Å². The number of hydrogen-bond acceptors (Lipinski definition) is 4. The monoisotopic (exact) mass is 245 g/mol. The van der Waals surface area contributed by atoms with Gasteiger partial charge < -0.3 is 21.9 Å². The summed E-state index contributed by atoms with van der Waals surface area (Å²) in [6.07, 6.45) is 0.293. The van der Waals surface area contributed by atoms with Gasteiger partial charge in [0.05, 0.1) is 12.5 Å². The van der Waals surface area contributed by atoms with Crippen LogP contribution in [-0.2, 0) is 14.4 Å². The molecule has 7 heteroatoms. The van der Waals surface area contributed by atoms with E-state index in [9.17, 15) is 14.4 Å². The summed E-state index contributed by atoms with van der Waals surface area (Å²) in [5.74, 6) is -2.74. The lowest BCUT2D eigenvalue weighted by molar-refractivity contribution is -0.143. The fraction of sp³-hybridized carbons (Fsp3) is 0.700. The van der Waals surface area contributed by atoms with E-state index >= 15 is 0 Å². The van der Waals surface area contributed by atoms with Gasteiger partial charge >= 0.3 is 5.97 Å². The maximum absolute atomic E-state index is 11.5. The van der Waals surface area contributed by atoms with Crippen molar-refractivity contribution in [2.75, 3.05) is 0 Å². The molecule has 7 nitrogen and oxygen atoms in total. The average molecular weight is 245 g/mol. The van der Waals surface area contributed by atoms with Crippen molar-refractivity contribution in [3.63, 3.8) is 0 Å². The van der Waals surface area contributed by atoms with Gasteiger partial charge in [-0.1, -0.05) is 20.3 Å². The van der Waals surface area contributed by atoms with Crippen molar-refractivity contribution in [1.82, 2.24) is 5.32 Å². The fourth-order valence-corrected chi connectivity index (χ4v) is 1.25. The van der Waals surface area contributed by atoms with Gasteiger partial charge in [-0.15, -0.1) is 0 Å². The number of aliphatic carboxylic acids is 1. The van der Waals surface area contributed by atoms with Gasteiger partial charge in [0.25, 0.3) is 0 Å². The van der Waals surface area contributed by atoms with Crippen molar-refractivity contribution in [3.8, 4) is 0 Å². The third-order valence-corrected chi connectivity index (χ3v) is 2.53. The molecule has 0 saturated heterocycles. The molecular weight excluding hydrogens is 226 g/mol. The molecule has 0 unspecified atom stereocenters. The van der Waals surface area contributed by atoms with Crippen LogP contribution in [0.25, 0.3) is 0 Å². The molecule has 0 aromatic heterocycles. The first-order valence-electron chi connectivity index (χ1n) is 5.36. The van der Waals surface area contributed by atoms with E-state index in [0.717, 1.165) is 0 Å². The number of carbonyl (C=O) groups is 3. The first-order chi connectivity index (χ1) is 7.79. The highest BCUT2D eigenvalue weighted by molar-refractivity contribution is 5.90. The van der Waals surface area contributed by atoms with Gasteiger partial charge in [-0.25, -0.2) is 4.79 Å². The van der Waals surface area contributed by atoms with Crippen LogP contribution in [0.2, 0.25) is 0 Å². The highest BCUT2D eigenvalue weighted by Gasteiger charge is 2.27. The Kier molecular flexibility index (Phi) is 6.19. The van der Waals surface area contributed by atoms with E-state index in [1.54, 1.807) is 6.92 Å². The highest BCUT2D eigenvalue weighted by Crippen LogP contribution is 2.08. The van der Waals surface area contributed by atoms with E-state index < -0.39 is 29.9 Å². The predicted octanol–water partition coefficient (Wildman–Crippen LogP) is -1.20. The molecule has 3 atom stereocenters. The van der Waals surface area contributed by atoms with Crippen LogP contribution < -0.4 is 16.8 Å². The number of carbonyl (C=O) groups excluding carboxylic acids is 2. The zero-order valence-corrected chi connectivity index (χ0v) is 9.97. The van der Waals surface area contributed by atoms with Crippen molar-refractivity contribution in [1.29, 1.82) is 0 Å². The molecule has 0 aliphatic heterocycles. The number of nitrogens with two attached hydrogens (primary N) is 2. The molecule has 0 saturated carbocycles. The Morgan fingerprint density at radius 3 is 2.24 bits per heavy atom. The summed E-state index contributed by atoms with van der Waals surface area (Å²) >= 11 is 0. The predicted molar refractivity (Wildman–Crippen MR) is 60.8 cm³/mol. The first-order valence-corrected chi connectivity index (χ1v) is 5.36. The van der Waals surface area contributed by atoms with Crippen LogP contribution in [0.15, 0.2) is 0 Å². The van der Waals surface area contributed by atoms with Gasteiger partial charge in [-0.2, -0.15) is 0 Å². The Morgan fingerprint density at radius 1 is 1.35 bits per heavy atom. The molecule has 0 aliphatic rings. The first kappa shape index (κ1) is 15.4. The lowest BCUT2D eigenvalue weighted by Gasteiger charge is -2.21. The second-order valence-corrected chi connectivity index (χ2v) is 3.99. The normalized spacial score (nSPS) is 15.7. The SMILES string of the molecule is CC[C@H](C)[C@H](NC(=O)[C@@H](N)CC(N)=O)C(=O)O. The van der Waals surface area contributed by atoms with Gasteiger partial charge in [0.2, 0.25) is 11.8 Å². The van der Waals surface area contributed by atoms with Crippen LogP contribution in [0, 0.1) is 5.92 Å². The molecular formula is C10H19N3O4. The molecule has 6 N–H and O–H groups in total. The molecule has 0 heterocycles. The number of hydrogen-bond donors (Lipinski definition) is 4. The van der Waals surface area contributed by atoms with Crippen molar-refractivity contribution in [3.05, 3.63) is 0 Å². The maximum Gasteiger partial charge on any atom is 0.326 e. The molecule has 0 fully saturated rings. The largest absolute Gasteiger partial charge is 0.480 e. The molecule has 0 radical (unpaired) electrons. The van der Waals surface area contributed by atoms with Crippen molar-refractivity contribution in [2.24, 2.45) is 17.4 Å². The van der Waals surface area contributed by atoms with Gasteiger partial charge in [0, 0.05) is 0 Å². The fourth-order valence-electron chi connectivity index (χ4n) is 1.25. The second-order valence-electron chi connectivity index (χ2n) is 3.99. The van der Waals surface area contributed by atoms with Crippen LogP contribution in [0.5, 0.6) is 0 Å². The molecule has 0 aliphatic carbocycles. The second kappa shape index (κ2) is 6.85. The molecule has 0 spiro atoms. The minimum Gasteiger partial charge on any atom is -0.480 e. The van der Waals surface area contributed by atoms with E-state index in [1.807, 2.05) is 6.92 Å². The maximum atomic E-state index is 11.5. The third kappa shape index (κ3) is 5.30. The summed E-state index contributed by atoms with van der Waals surface area (Å²) in [6, 6.07) is -2.12. The Balaban J connectivity index is 4.50.